The van der Waals surface area contributed by atoms with Crippen molar-refractivity contribution in [1.82, 2.24) is 4.90 Å². The molecule has 0 saturated heterocycles. The third kappa shape index (κ3) is 3.77. The zero-order valence-corrected chi connectivity index (χ0v) is 13.6. The molecule has 6 heteroatoms. The topological polar surface area (TPSA) is 46.3 Å². The van der Waals surface area contributed by atoms with Crippen LogP contribution in [-0.2, 0) is 0 Å². The lowest BCUT2D eigenvalue weighted by atomic mass is 10.2. The molecule has 2 rings (SSSR count). The van der Waals surface area contributed by atoms with Crippen LogP contribution in [0.1, 0.15) is 29.9 Å². The number of thiophene rings is 1. The van der Waals surface area contributed by atoms with Crippen LogP contribution in [0.4, 0.5) is 4.39 Å². The first-order valence-corrected chi connectivity index (χ1v) is 7.89. The van der Waals surface area contributed by atoms with Crippen LogP contribution in [0.25, 0.3) is 10.1 Å². The number of carbonyl (C=O) groups is 1. The molecule has 1 heterocycles. The number of hydrogen-bond donors (Lipinski definition) is 1. The van der Waals surface area contributed by atoms with Gasteiger partial charge in [-0.1, -0.05) is 18.3 Å². The van der Waals surface area contributed by atoms with Gasteiger partial charge in [0.15, 0.2) is 0 Å². The number of amides is 1. The quantitative estimate of drug-likeness (QED) is 0.855. The molecular weight excluding hydrogens is 307 g/mol. The molecule has 21 heavy (non-hydrogen) atoms. The lowest BCUT2D eigenvalue weighted by molar-refractivity contribution is 0.0716. The highest BCUT2D eigenvalue weighted by molar-refractivity contribution is 7.80. The van der Waals surface area contributed by atoms with Crippen LogP contribution in [-0.4, -0.2) is 28.4 Å². The van der Waals surface area contributed by atoms with Crippen molar-refractivity contribution < 1.29 is 9.18 Å². The fourth-order valence-corrected chi connectivity index (χ4v) is 3.21. The third-order valence-electron chi connectivity index (χ3n) is 3.18. The summed E-state index contributed by atoms with van der Waals surface area (Å²) in [7, 11) is 0. The second kappa shape index (κ2) is 6.49. The van der Waals surface area contributed by atoms with E-state index in [-0.39, 0.29) is 17.8 Å². The maximum atomic E-state index is 13.2. The molecule has 2 aromatic rings. The van der Waals surface area contributed by atoms with Crippen molar-refractivity contribution in [3.8, 4) is 0 Å². The minimum Gasteiger partial charge on any atom is -0.393 e. The summed E-state index contributed by atoms with van der Waals surface area (Å²) in [6.45, 7) is 4.39. The predicted molar refractivity (Wildman–Crippen MR) is 89.4 cm³/mol. The van der Waals surface area contributed by atoms with Crippen LogP contribution in [0.5, 0.6) is 0 Å². The number of halogens is 1. The summed E-state index contributed by atoms with van der Waals surface area (Å²) in [6, 6.07) is 6.39. The van der Waals surface area contributed by atoms with Gasteiger partial charge in [0.05, 0.1) is 9.87 Å². The standard InChI is InChI=1S/C15H17FN2OS2/c1-9(2)18(6-5-14(17)20)15(19)13-7-10-3-4-11(16)8-12(10)21-13/h3-4,7-9H,5-6H2,1-2H3,(H2,17,20). The Balaban J connectivity index is 2.27. The van der Waals surface area contributed by atoms with Crippen LogP contribution in [0.3, 0.4) is 0 Å². The minimum absolute atomic E-state index is 0.0498. The van der Waals surface area contributed by atoms with Crippen LogP contribution < -0.4 is 5.73 Å². The number of rotatable bonds is 5. The van der Waals surface area contributed by atoms with Crippen LogP contribution in [0.2, 0.25) is 0 Å². The fourth-order valence-electron chi connectivity index (χ4n) is 2.08. The van der Waals surface area contributed by atoms with Crippen LogP contribution in [0, 0.1) is 5.82 Å². The number of carbonyl (C=O) groups excluding carboxylic acids is 1. The Bertz CT molecular complexity index is 681. The van der Waals surface area contributed by atoms with Gasteiger partial charge in [-0.15, -0.1) is 11.3 Å². The summed E-state index contributed by atoms with van der Waals surface area (Å²) in [4.78, 5) is 15.3. The summed E-state index contributed by atoms with van der Waals surface area (Å²) < 4.78 is 14.0. The van der Waals surface area contributed by atoms with Gasteiger partial charge < -0.3 is 10.6 Å². The molecule has 0 aliphatic heterocycles. The van der Waals surface area contributed by atoms with Gasteiger partial charge in [-0.2, -0.15) is 0 Å². The maximum Gasteiger partial charge on any atom is 0.264 e. The number of hydrogen-bond acceptors (Lipinski definition) is 3. The van der Waals surface area contributed by atoms with E-state index in [2.05, 4.69) is 0 Å². The molecule has 1 aromatic heterocycles. The summed E-state index contributed by atoms with van der Waals surface area (Å²) >= 11 is 6.18. The molecule has 0 spiro atoms. The highest BCUT2D eigenvalue weighted by Crippen LogP contribution is 2.27. The Hall–Kier alpha value is -1.53. The van der Waals surface area contributed by atoms with E-state index < -0.39 is 0 Å². The average Bonchev–Trinajstić information content (AvgIpc) is 2.80. The van der Waals surface area contributed by atoms with Gasteiger partial charge in [-0.25, -0.2) is 4.39 Å². The second-order valence-electron chi connectivity index (χ2n) is 5.10. The fraction of sp³-hybridized carbons (Fsp3) is 0.333. The minimum atomic E-state index is -0.294. The van der Waals surface area contributed by atoms with E-state index in [9.17, 15) is 9.18 Å². The van der Waals surface area contributed by atoms with Crippen molar-refractivity contribution >= 4 is 44.5 Å². The molecule has 0 atom stereocenters. The summed E-state index contributed by atoms with van der Waals surface area (Å²) in [5, 5.41) is 0.878. The Labute approximate surface area is 132 Å². The third-order valence-corrected chi connectivity index (χ3v) is 4.47. The van der Waals surface area contributed by atoms with Gasteiger partial charge in [0.2, 0.25) is 0 Å². The molecule has 0 radical (unpaired) electrons. The smallest absolute Gasteiger partial charge is 0.264 e. The second-order valence-corrected chi connectivity index (χ2v) is 6.71. The Morgan fingerprint density at radius 1 is 1.43 bits per heavy atom. The first-order valence-electron chi connectivity index (χ1n) is 6.67. The zero-order chi connectivity index (χ0) is 15.6. The number of nitrogens with zero attached hydrogens (tertiary/aromatic N) is 1. The molecule has 0 bridgehead atoms. The molecule has 0 aliphatic rings. The first-order chi connectivity index (χ1) is 9.88. The summed E-state index contributed by atoms with van der Waals surface area (Å²) in [5.74, 6) is -0.361. The number of benzene rings is 1. The van der Waals surface area contributed by atoms with E-state index in [1.54, 1.807) is 17.0 Å². The van der Waals surface area contributed by atoms with Gasteiger partial charge >= 0.3 is 0 Å². The SMILES string of the molecule is CC(C)N(CCC(N)=S)C(=O)c1cc2ccc(F)cc2s1. The molecule has 0 aliphatic carbocycles. The van der Waals surface area contributed by atoms with E-state index in [1.165, 1.54) is 23.5 Å². The average molecular weight is 324 g/mol. The normalized spacial score (nSPS) is 11.0. The number of nitrogens with two attached hydrogens (primary N) is 1. The summed E-state index contributed by atoms with van der Waals surface area (Å²) in [5.41, 5.74) is 5.51. The Morgan fingerprint density at radius 3 is 2.76 bits per heavy atom. The van der Waals surface area contributed by atoms with Gasteiger partial charge in [-0.3, -0.25) is 4.79 Å². The van der Waals surface area contributed by atoms with Gasteiger partial charge in [0.1, 0.15) is 5.82 Å². The maximum absolute atomic E-state index is 13.2. The largest absolute Gasteiger partial charge is 0.393 e. The molecule has 112 valence electrons. The Morgan fingerprint density at radius 2 is 2.14 bits per heavy atom. The number of thiocarbonyl (C=S) groups is 1. The summed E-state index contributed by atoms with van der Waals surface area (Å²) in [6.07, 6.45) is 0.499. The lowest BCUT2D eigenvalue weighted by Crippen LogP contribution is -2.38. The monoisotopic (exact) mass is 324 g/mol. The van der Waals surface area contributed by atoms with Gasteiger partial charge in [0.25, 0.3) is 5.91 Å². The van der Waals surface area contributed by atoms with Crippen molar-refractivity contribution in [3.63, 3.8) is 0 Å². The first kappa shape index (κ1) is 15.9. The van der Waals surface area contributed by atoms with E-state index >= 15 is 0 Å². The molecule has 1 aromatic carbocycles. The van der Waals surface area contributed by atoms with Crippen molar-refractivity contribution in [2.75, 3.05) is 6.54 Å². The van der Waals surface area contributed by atoms with Crippen LogP contribution in [0.15, 0.2) is 24.3 Å². The van der Waals surface area contributed by atoms with Crippen molar-refractivity contribution in [3.05, 3.63) is 35.0 Å². The molecule has 1 amide bonds. The molecule has 0 unspecified atom stereocenters. The van der Waals surface area contributed by atoms with Crippen molar-refractivity contribution in [2.24, 2.45) is 5.73 Å². The lowest BCUT2D eigenvalue weighted by Gasteiger charge is -2.26. The van der Waals surface area contributed by atoms with E-state index in [0.29, 0.717) is 22.8 Å². The van der Waals surface area contributed by atoms with E-state index in [0.717, 1.165) is 10.1 Å². The molecule has 0 fully saturated rings. The highest BCUT2D eigenvalue weighted by Gasteiger charge is 2.20. The van der Waals surface area contributed by atoms with E-state index in [4.69, 9.17) is 18.0 Å². The Kier molecular flexibility index (Phi) is 4.90. The van der Waals surface area contributed by atoms with Gasteiger partial charge in [-0.05, 0) is 37.4 Å². The zero-order valence-electron chi connectivity index (χ0n) is 11.9. The molecular formula is C15H17FN2OS2. The molecule has 3 nitrogen and oxygen atoms in total. The number of fused-ring (bicyclic) bond motifs is 1. The molecule has 2 N–H and O–H groups in total. The van der Waals surface area contributed by atoms with E-state index in [1.807, 2.05) is 13.8 Å². The molecule has 0 saturated carbocycles. The predicted octanol–water partition coefficient (Wildman–Crippen LogP) is 3.57. The van der Waals surface area contributed by atoms with Crippen LogP contribution >= 0.6 is 23.6 Å². The van der Waals surface area contributed by atoms with Crippen molar-refractivity contribution in [2.45, 2.75) is 26.3 Å². The highest BCUT2D eigenvalue weighted by atomic mass is 32.1. The van der Waals surface area contributed by atoms with Crippen molar-refractivity contribution in [1.29, 1.82) is 0 Å². The van der Waals surface area contributed by atoms with Gasteiger partial charge in [0, 0.05) is 23.7 Å².